The third-order valence-corrected chi connectivity index (χ3v) is 1.39. The molecule has 0 saturated carbocycles. The number of aliphatic hydroxyl groups is 4. The molecule has 0 saturated heterocycles. The number of hydrogen-bond acceptors (Lipinski definition) is 5. The van der Waals surface area contributed by atoms with Crippen molar-refractivity contribution in [1.29, 1.82) is 0 Å². The largest absolute Gasteiger partial charge is 0.394 e. The maximum Gasteiger partial charge on any atom is 0.220 e. The molecule has 1 amide bonds. The van der Waals surface area contributed by atoms with Gasteiger partial charge in [0.2, 0.25) is 5.91 Å². The van der Waals surface area contributed by atoms with E-state index in [1.54, 1.807) is 0 Å². The summed E-state index contributed by atoms with van der Waals surface area (Å²) in [5.74, 6) is -0.785. The lowest BCUT2D eigenvalue weighted by atomic mass is 10.1. The lowest BCUT2D eigenvalue weighted by molar-refractivity contribution is -0.125. The molecule has 6 N–H and O–H groups in total. The number of carbonyl (C=O) groups is 1. The van der Waals surface area contributed by atoms with E-state index in [-0.39, 0.29) is 0 Å². The molecule has 0 spiro atoms. The lowest BCUT2D eigenvalue weighted by Crippen LogP contribution is -2.41. The van der Waals surface area contributed by atoms with Gasteiger partial charge in [-0.3, -0.25) is 4.79 Å². The minimum Gasteiger partial charge on any atom is -0.394 e. The summed E-state index contributed by atoms with van der Waals surface area (Å²) in [4.78, 5) is 10.2. The van der Waals surface area contributed by atoms with Gasteiger partial charge in [-0.15, -0.1) is 0 Å². The van der Waals surface area contributed by atoms with E-state index in [2.05, 4.69) is 0 Å². The summed E-state index contributed by atoms with van der Waals surface area (Å²) in [6.07, 6.45) is -4.90. The average Bonchev–Trinajstić information content (AvgIpc) is 2.00. The van der Waals surface area contributed by atoms with Gasteiger partial charge >= 0.3 is 0 Å². The Balaban J connectivity index is 3.91. The highest BCUT2D eigenvalue weighted by atomic mass is 16.4. The van der Waals surface area contributed by atoms with Gasteiger partial charge in [0.05, 0.1) is 19.1 Å². The van der Waals surface area contributed by atoms with Gasteiger partial charge in [-0.2, -0.15) is 0 Å². The molecular weight excluding hydrogens is 166 g/mol. The van der Waals surface area contributed by atoms with Crippen molar-refractivity contribution in [3.63, 3.8) is 0 Å². The summed E-state index contributed by atoms with van der Waals surface area (Å²) < 4.78 is 0. The van der Waals surface area contributed by atoms with E-state index in [1.807, 2.05) is 0 Å². The predicted octanol–water partition coefficient (Wildman–Crippen LogP) is -3.06. The summed E-state index contributed by atoms with van der Waals surface area (Å²) in [7, 11) is 0. The monoisotopic (exact) mass is 179 g/mol. The zero-order valence-electron chi connectivity index (χ0n) is 6.42. The second-order valence-electron chi connectivity index (χ2n) is 2.48. The van der Waals surface area contributed by atoms with E-state index in [0.29, 0.717) is 0 Å². The van der Waals surface area contributed by atoms with Crippen molar-refractivity contribution in [3.8, 4) is 0 Å². The Labute approximate surface area is 69.2 Å². The van der Waals surface area contributed by atoms with Gasteiger partial charge in [-0.05, 0) is 0 Å². The Kier molecular flexibility index (Phi) is 4.75. The van der Waals surface area contributed by atoms with Crippen molar-refractivity contribution in [1.82, 2.24) is 0 Å². The van der Waals surface area contributed by atoms with E-state index in [0.717, 1.165) is 0 Å². The summed E-state index contributed by atoms with van der Waals surface area (Å²) in [5.41, 5.74) is 4.72. The molecule has 0 aromatic carbocycles. The van der Waals surface area contributed by atoms with Crippen LogP contribution >= 0.6 is 0 Å². The highest BCUT2D eigenvalue weighted by Crippen LogP contribution is 2.02. The minimum atomic E-state index is -1.55. The van der Waals surface area contributed by atoms with E-state index in [1.165, 1.54) is 0 Å². The van der Waals surface area contributed by atoms with E-state index in [9.17, 15) is 4.79 Å². The van der Waals surface area contributed by atoms with Gasteiger partial charge in [0.15, 0.2) is 0 Å². The lowest BCUT2D eigenvalue weighted by Gasteiger charge is -2.19. The molecule has 6 heteroatoms. The van der Waals surface area contributed by atoms with Crippen molar-refractivity contribution < 1.29 is 25.2 Å². The van der Waals surface area contributed by atoms with E-state index < -0.39 is 37.2 Å². The van der Waals surface area contributed by atoms with Crippen LogP contribution in [-0.2, 0) is 4.79 Å². The maximum atomic E-state index is 10.2. The first-order valence-corrected chi connectivity index (χ1v) is 3.42. The number of carbonyl (C=O) groups excluding carboxylic acids is 1. The van der Waals surface area contributed by atoms with Crippen LogP contribution < -0.4 is 5.73 Å². The van der Waals surface area contributed by atoms with Gasteiger partial charge in [0.25, 0.3) is 0 Å². The Bertz CT molecular complexity index is 151. The number of amides is 1. The van der Waals surface area contributed by atoms with Crippen LogP contribution in [0.15, 0.2) is 0 Å². The SMILES string of the molecule is NC(=O)C[C@H](O)[C@@H](O)[C@@H](O)CO. The molecule has 0 aromatic rings. The molecule has 0 fully saturated rings. The number of primary amides is 1. The average molecular weight is 179 g/mol. The van der Waals surface area contributed by atoms with Gasteiger partial charge in [0, 0.05) is 0 Å². The second kappa shape index (κ2) is 5.04. The molecule has 0 aliphatic heterocycles. The summed E-state index contributed by atoms with van der Waals surface area (Å²) in [6, 6.07) is 0. The fourth-order valence-corrected chi connectivity index (χ4v) is 0.691. The molecule has 0 aliphatic rings. The molecule has 3 atom stereocenters. The molecule has 0 aliphatic carbocycles. The highest BCUT2D eigenvalue weighted by molar-refractivity contribution is 5.74. The normalized spacial score (nSPS) is 18.3. The number of rotatable bonds is 5. The Morgan fingerprint density at radius 3 is 2.08 bits per heavy atom. The highest BCUT2D eigenvalue weighted by Gasteiger charge is 2.24. The zero-order valence-corrected chi connectivity index (χ0v) is 6.42. The Morgan fingerprint density at radius 1 is 1.25 bits per heavy atom. The molecule has 0 heterocycles. The first-order chi connectivity index (χ1) is 5.49. The standard InChI is InChI=1S/C6H13NO5/c7-5(11)1-3(9)6(12)4(10)2-8/h3-4,6,8-10,12H,1-2H2,(H2,7,11)/t3-,4-,6+/m0/s1. The van der Waals surface area contributed by atoms with Crippen LogP contribution in [0, 0.1) is 0 Å². The quantitative estimate of drug-likeness (QED) is 0.306. The van der Waals surface area contributed by atoms with Crippen molar-refractivity contribution >= 4 is 5.91 Å². The van der Waals surface area contributed by atoms with E-state index >= 15 is 0 Å². The van der Waals surface area contributed by atoms with Crippen molar-refractivity contribution in [3.05, 3.63) is 0 Å². The fraction of sp³-hybridized carbons (Fsp3) is 0.833. The van der Waals surface area contributed by atoms with Crippen molar-refractivity contribution in [2.45, 2.75) is 24.7 Å². The van der Waals surface area contributed by atoms with Crippen LogP contribution in [0.2, 0.25) is 0 Å². The van der Waals surface area contributed by atoms with Crippen molar-refractivity contribution in [2.24, 2.45) is 5.73 Å². The van der Waals surface area contributed by atoms with Crippen LogP contribution in [-0.4, -0.2) is 51.3 Å². The smallest absolute Gasteiger partial charge is 0.220 e. The maximum absolute atomic E-state index is 10.2. The molecule has 6 nitrogen and oxygen atoms in total. The minimum absolute atomic E-state index is 0.446. The second-order valence-corrected chi connectivity index (χ2v) is 2.48. The molecular formula is C6H13NO5. The molecule has 0 bridgehead atoms. The molecule has 72 valence electrons. The van der Waals surface area contributed by atoms with Gasteiger partial charge in [-0.25, -0.2) is 0 Å². The number of aliphatic hydroxyl groups excluding tert-OH is 4. The molecule has 0 rings (SSSR count). The topological polar surface area (TPSA) is 124 Å². The molecule has 12 heavy (non-hydrogen) atoms. The van der Waals surface area contributed by atoms with Crippen LogP contribution in [0.4, 0.5) is 0 Å². The number of nitrogens with two attached hydrogens (primary N) is 1. The predicted molar refractivity (Wildman–Crippen MR) is 38.9 cm³/mol. The molecule has 0 unspecified atom stereocenters. The van der Waals surface area contributed by atoms with Gasteiger partial charge in [0.1, 0.15) is 12.2 Å². The van der Waals surface area contributed by atoms with Crippen LogP contribution in [0.3, 0.4) is 0 Å². The summed E-state index contributed by atoms with van der Waals surface area (Å²) in [5, 5.41) is 35.1. The number of hydrogen-bond donors (Lipinski definition) is 5. The van der Waals surface area contributed by atoms with Gasteiger partial charge < -0.3 is 26.2 Å². The fourth-order valence-electron chi connectivity index (χ4n) is 0.691. The third kappa shape index (κ3) is 3.63. The van der Waals surface area contributed by atoms with E-state index in [4.69, 9.17) is 26.2 Å². The molecule has 0 radical (unpaired) electrons. The summed E-state index contributed by atoms with van der Waals surface area (Å²) in [6.45, 7) is -0.684. The first-order valence-electron chi connectivity index (χ1n) is 3.42. The Hall–Kier alpha value is -0.690. The van der Waals surface area contributed by atoms with Crippen LogP contribution in [0.1, 0.15) is 6.42 Å². The first kappa shape index (κ1) is 11.3. The third-order valence-electron chi connectivity index (χ3n) is 1.39. The van der Waals surface area contributed by atoms with Crippen LogP contribution in [0.5, 0.6) is 0 Å². The Morgan fingerprint density at radius 2 is 1.75 bits per heavy atom. The summed E-state index contributed by atoms with van der Waals surface area (Å²) >= 11 is 0. The zero-order chi connectivity index (χ0) is 9.72. The van der Waals surface area contributed by atoms with Crippen LogP contribution in [0.25, 0.3) is 0 Å². The van der Waals surface area contributed by atoms with Crippen molar-refractivity contribution in [2.75, 3.05) is 6.61 Å². The molecule has 0 aromatic heterocycles. The van der Waals surface area contributed by atoms with Gasteiger partial charge in [-0.1, -0.05) is 0 Å².